The first-order valence-corrected chi connectivity index (χ1v) is 10.9. The van der Waals surface area contributed by atoms with Crippen LogP contribution >= 0.6 is 46.4 Å². The van der Waals surface area contributed by atoms with Gasteiger partial charge in [0.25, 0.3) is 10.1 Å². The summed E-state index contributed by atoms with van der Waals surface area (Å²) >= 11 is 24.4. The van der Waals surface area contributed by atoms with Crippen molar-refractivity contribution in [3.63, 3.8) is 0 Å². The molecule has 3 aromatic carbocycles. The van der Waals surface area contributed by atoms with E-state index >= 15 is 0 Å². The Hall–Kier alpha value is -1.67. The second kappa shape index (κ2) is 7.87. The zero-order valence-electron chi connectivity index (χ0n) is 14.3. The van der Waals surface area contributed by atoms with E-state index in [4.69, 9.17) is 46.4 Å². The van der Waals surface area contributed by atoms with Crippen LogP contribution in [0.1, 0.15) is 16.7 Å². The second-order valence-corrected chi connectivity index (χ2v) is 9.22. The molecule has 29 heavy (non-hydrogen) atoms. The summed E-state index contributed by atoms with van der Waals surface area (Å²) in [6, 6.07) is 11.6. The van der Waals surface area contributed by atoms with E-state index in [2.05, 4.69) is 0 Å². The van der Waals surface area contributed by atoms with Gasteiger partial charge in [-0.1, -0.05) is 76.7 Å². The van der Waals surface area contributed by atoms with Crippen molar-refractivity contribution in [2.45, 2.75) is 4.75 Å². The van der Waals surface area contributed by atoms with Crippen LogP contribution in [-0.4, -0.2) is 23.2 Å². The van der Waals surface area contributed by atoms with Crippen LogP contribution in [-0.2, 0) is 14.9 Å². The van der Waals surface area contributed by atoms with Crippen LogP contribution in [0.4, 0.5) is 0 Å². The van der Waals surface area contributed by atoms with E-state index in [1.807, 2.05) is 0 Å². The molecule has 0 aliphatic heterocycles. The molecule has 0 radical (unpaired) electrons. The highest BCUT2D eigenvalue weighted by Gasteiger charge is 2.53. The van der Waals surface area contributed by atoms with Crippen molar-refractivity contribution in [3.05, 3.63) is 91.4 Å². The molecule has 3 N–H and O–H groups in total. The lowest BCUT2D eigenvalue weighted by Gasteiger charge is -2.34. The summed E-state index contributed by atoms with van der Waals surface area (Å²) in [6.07, 6.45) is 0. The fourth-order valence-electron chi connectivity index (χ4n) is 3.22. The lowest BCUT2D eigenvalue weighted by atomic mass is 9.83. The highest BCUT2D eigenvalue weighted by Crippen LogP contribution is 2.53. The average Bonchev–Trinajstić information content (AvgIpc) is 2.63. The molecule has 3 rings (SSSR count). The molecule has 0 aliphatic carbocycles. The molecule has 0 spiro atoms. The SMILES string of the molecule is O=S(=O)(O)C(c1ccccc1O)(c1cc(Cl)c(Cl)cc1O)c1cccc(Cl)c1Cl. The van der Waals surface area contributed by atoms with Crippen LogP contribution in [0, 0.1) is 0 Å². The van der Waals surface area contributed by atoms with Crippen LogP contribution in [0.25, 0.3) is 0 Å². The molecule has 1 atom stereocenters. The van der Waals surface area contributed by atoms with Gasteiger partial charge in [0.15, 0.2) is 4.75 Å². The summed E-state index contributed by atoms with van der Waals surface area (Å²) in [7, 11) is -5.16. The maximum absolute atomic E-state index is 13.0. The van der Waals surface area contributed by atoms with Gasteiger partial charge in [-0.25, -0.2) is 0 Å². The van der Waals surface area contributed by atoms with E-state index in [1.165, 1.54) is 42.5 Å². The number of hydrogen-bond donors (Lipinski definition) is 3. The third kappa shape index (κ3) is 3.54. The van der Waals surface area contributed by atoms with Crippen molar-refractivity contribution in [3.8, 4) is 11.5 Å². The van der Waals surface area contributed by atoms with Crippen molar-refractivity contribution < 1.29 is 23.2 Å². The zero-order chi connectivity index (χ0) is 21.6. The molecule has 0 aromatic heterocycles. The largest absolute Gasteiger partial charge is 0.508 e. The number of para-hydroxylation sites is 1. The second-order valence-electron chi connectivity index (χ2n) is 6.06. The Labute approximate surface area is 186 Å². The molecule has 0 saturated heterocycles. The maximum Gasteiger partial charge on any atom is 0.283 e. The Balaban J connectivity index is 2.66. The van der Waals surface area contributed by atoms with Crippen LogP contribution in [0.3, 0.4) is 0 Å². The van der Waals surface area contributed by atoms with E-state index in [0.29, 0.717) is 0 Å². The van der Waals surface area contributed by atoms with Crippen LogP contribution in [0.5, 0.6) is 11.5 Å². The normalized spacial score (nSPS) is 13.8. The smallest absolute Gasteiger partial charge is 0.283 e. The number of phenolic OH excluding ortho intramolecular Hbond substituents is 2. The quantitative estimate of drug-likeness (QED) is 0.311. The average molecular weight is 494 g/mol. The van der Waals surface area contributed by atoms with Gasteiger partial charge in [0, 0.05) is 22.8 Å². The van der Waals surface area contributed by atoms with Crippen LogP contribution < -0.4 is 0 Å². The van der Waals surface area contributed by atoms with Gasteiger partial charge in [-0.05, 0) is 18.2 Å². The number of halogens is 4. The molecular weight excluding hydrogens is 482 g/mol. The number of rotatable bonds is 4. The minimum absolute atomic E-state index is 0.00726. The first-order chi connectivity index (χ1) is 13.5. The summed E-state index contributed by atoms with van der Waals surface area (Å²) in [4.78, 5) is 0. The fourth-order valence-corrected chi connectivity index (χ4v) is 5.38. The van der Waals surface area contributed by atoms with Crippen molar-refractivity contribution in [2.75, 3.05) is 0 Å². The van der Waals surface area contributed by atoms with Gasteiger partial charge >= 0.3 is 0 Å². The number of phenols is 2. The molecule has 0 aliphatic rings. The summed E-state index contributed by atoms with van der Waals surface area (Å²) in [5.74, 6) is -1.08. The summed E-state index contributed by atoms with van der Waals surface area (Å²) in [5, 5.41) is 20.8. The van der Waals surface area contributed by atoms with Crippen molar-refractivity contribution in [2.24, 2.45) is 0 Å². The molecule has 3 aromatic rings. The molecule has 0 amide bonds. The zero-order valence-corrected chi connectivity index (χ0v) is 18.1. The van der Waals surface area contributed by atoms with Gasteiger partial charge in [-0.2, -0.15) is 8.42 Å². The molecule has 1 unspecified atom stereocenters. The van der Waals surface area contributed by atoms with E-state index in [9.17, 15) is 23.2 Å². The lowest BCUT2D eigenvalue weighted by Crippen LogP contribution is -2.38. The Morgan fingerprint density at radius 1 is 0.690 bits per heavy atom. The maximum atomic E-state index is 13.0. The highest BCUT2D eigenvalue weighted by atomic mass is 35.5. The third-order valence-electron chi connectivity index (χ3n) is 4.42. The molecule has 0 bridgehead atoms. The highest BCUT2D eigenvalue weighted by molar-refractivity contribution is 7.87. The molecule has 5 nitrogen and oxygen atoms in total. The predicted molar refractivity (Wildman–Crippen MR) is 114 cm³/mol. The number of benzene rings is 3. The first kappa shape index (κ1) is 22.0. The molecule has 10 heteroatoms. The van der Waals surface area contributed by atoms with Crippen LogP contribution in [0.15, 0.2) is 54.6 Å². The third-order valence-corrected chi connectivity index (χ3v) is 7.39. The van der Waals surface area contributed by atoms with E-state index in [0.717, 1.165) is 12.1 Å². The molecule has 152 valence electrons. The monoisotopic (exact) mass is 492 g/mol. The fraction of sp³-hybridized carbons (Fsp3) is 0.0526. The molecule has 0 fully saturated rings. The van der Waals surface area contributed by atoms with Gasteiger partial charge < -0.3 is 10.2 Å². The van der Waals surface area contributed by atoms with E-state index in [-0.39, 0.29) is 36.8 Å². The first-order valence-electron chi connectivity index (χ1n) is 7.90. The summed E-state index contributed by atoms with van der Waals surface area (Å²) in [6.45, 7) is 0. The van der Waals surface area contributed by atoms with Crippen molar-refractivity contribution in [1.29, 1.82) is 0 Å². The van der Waals surface area contributed by atoms with Gasteiger partial charge in [0.2, 0.25) is 0 Å². The topological polar surface area (TPSA) is 94.8 Å². The van der Waals surface area contributed by atoms with Gasteiger partial charge in [-0.3, -0.25) is 4.55 Å². The minimum Gasteiger partial charge on any atom is -0.508 e. The number of aromatic hydroxyl groups is 2. The van der Waals surface area contributed by atoms with E-state index < -0.39 is 26.4 Å². The summed E-state index contributed by atoms with van der Waals surface area (Å²) in [5.41, 5.74) is -0.857. The van der Waals surface area contributed by atoms with Crippen LogP contribution in [0.2, 0.25) is 20.1 Å². The van der Waals surface area contributed by atoms with E-state index in [1.54, 1.807) is 0 Å². The van der Waals surface area contributed by atoms with Crippen molar-refractivity contribution in [1.82, 2.24) is 0 Å². The lowest BCUT2D eigenvalue weighted by molar-refractivity contribution is 0.428. The standard InChI is InChI=1S/C19H12Cl4O5S/c20-13-6-3-5-11(18(13)23)19(29(26,27)28,10-4-1-2-7-16(10)24)12-8-14(21)15(22)9-17(12)25/h1-9,24-25H,(H,26,27,28). The Morgan fingerprint density at radius 3 is 1.90 bits per heavy atom. The minimum atomic E-state index is -5.16. The Bertz CT molecular complexity index is 1210. The van der Waals surface area contributed by atoms with Gasteiger partial charge in [0.05, 0.1) is 20.1 Å². The Morgan fingerprint density at radius 2 is 1.28 bits per heavy atom. The molecule has 0 saturated carbocycles. The number of hydrogen-bond acceptors (Lipinski definition) is 4. The predicted octanol–water partition coefficient (Wildman–Crippen LogP) is 5.89. The molecular formula is C19H12Cl4O5S. The summed E-state index contributed by atoms with van der Waals surface area (Å²) < 4.78 is 33.9. The molecule has 0 heterocycles. The van der Waals surface area contributed by atoms with Crippen molar-refractivity contribution >= 4 is 56.5 Å². The van der Waals surface area contributed by atoms with Gasteiger partial charge in [0.1, 0.15) is 11.5 Å². The Kier molecular flexibility index (Phi) is 5.98. The van der Waals surface area contributed by atoms with Gasteiger partial charge in [-0.15, -0.1) is 0 Å².